The SMILES string of the molecule is C[C@H]1C(=O)N(Cc2cccc(F)c2)Cc2nnc(-c3csc(N4CCOCC4)n3)n21. The monoisotopic (exact) mass is 428 g/mol. The molecule has 1 fully saturated rings. The molecule has 5 rings (SSSR count). The Morgan fingerprint density at radius 1 is 1.27 bits per heavy atom. The fourth-order valence-corrected chi connectivity index (χ4v) is 4.75. The van der Waals surface area contributed by atoms with Crippen molar-refractivity contribution in [2.75, 3.05) is 31.2 Å². The third kappa shape index (κ3) is 3.46. The van der Waals surface area contributed by atoms with Crippen LogP contribution in [0, 0.1) is 5.82 Å². The number of aromatic nitrogens is 4. The summed E-state index contributed by atoms with van der Waals surface area (Å²) in [5, 5.41) is 11.5. The van der Waals surface area contributed by atoms with Crippen LogP contribution < -0.4 is 4.90 Å². The summed E-state index contributed by atoms with van der Waals surface area (Å²) in [5.74, 6) is 0.952. The largest absolute Gasteiger partial charge is 0.378 e. The number of nitrogens with zero attached hydrogens (tertiary/aromatic N) is 6. The van der Waals surface area contributed by atoms with Crippen molar-refractivity contribution in [1.82, 2.24) is 24.6 Å². The molecule has 0 radical (unpaired) electrons. The van der Waals surface area contributed by atoms with Crippen molar-refractivity contribution in [2.24, 2.45) is 0 Å². The van der Waals surface area contributed by atoms with Gasteiger partial charge < -0.3 is 14.5 Å². The van der Waals surface area contributed by atoms with Crippen molar-refractivity contribution in [3.63, 3.8) is 0 Å². The van der Waals surface area contributed by atoms with E-state index in [1.807, 2.05) is 22.9 Å². The molecule has 0 bridgehead atoms. The van der Waals surface area contributed by atoms with Crippen molar-refractivity contribution < 1.29 is 13.9 Å². The number of halogens is 1. The van der Waals surface area contributed by atoms with Gasteiger partial charge >= 0.3 is 0 Å². The maximum absolute atomic E-state index is 13.5. The van der Waals surface area contributed by atoms with Crippen LogP contribution in [0.4, 0.5) is 9.52 Å². The second kappa shape index (κ2) is 7.77. The highest BCUT2D eigenvalue weighted by molar-refractivity contribution is 7.14. The average molecular weight is 428 g/mol. The summed E-state index contributed by atoms with van der Waals surface area (Å²) >= 11 is 1.56. The lowest BCUT2D eigenvalue weighted by Gasteiger charge is -2.32. The van der Waals surface area contributed by atoms with Crippen molar-refractivity contribution in [3.05, 3.63) is 46.9 Å². The third-order valence-corrected chi connectivity index (χ3v) is 6.32. The molecule has 0 N–H and O–H groups in total. The van der Waals surface area contributed by atoms with Gasteiger partial charge in [0.25, 0.3) is 0 Å². The van der Waals surface area contributed by atoms with E-state index < -0.39 is 6.04 Å². The predicted octanol–water partition coefficient (Wildman–Crippen LogP) is 2.48. The zero-order chi connectivity index (χ0) is 20.7. The number of thiazole rings is 1. The Morgan fingerprint density at radius 2 is 2.10 bits per heavy atom. The number of hydrogen-bond acceptors (Lipinski definition) is 7. The number of anilines is 1. The molecule has 1 amide bonds. The van der Waals surface area contributed by atoms with Gasteiger partial charge in [-0.2, -0.15) is 0 Å². The third-order valence-electron chi connectivity index (χ3n) is 5.42. The lowest BCUT2D eigenvalue weighted by atomic mass is 10.1. The molecule has 156 valence electrons. The molecule has 0 saturated carbocycles. The molecule has 4 heterocycles. The molecule has 1 aromatic carbocycles. The van der Waals surface area contributed by atoms with Crippen molar-refractivity contribution in [2.45, 2.75) is 26.1 Å². The highest BCUT2D eigenvalue weighted by Crippen LogP contribution is 2.32. The van der Waals surface area contributed by atoms with Crippen molar-refractivity contribution in [1.29, 1.82) is 0 Å². The van der Waals surface area contributed by atoms with E-state index in [0.29, 0.717) is 38.0 Å². The summed E-state index contributed by atoms with van der Waals surface area (Å²) in [7, 11) is 0. The first-order chi connectivity index (χ1) is 14.6. The van der Waals surface area contributed by atoms with Gasteiger partial charge in [0, 0.05) is 25.0 Å². The summed E-state index contributed by atoms with van der Waals surface area (Å²) < 4.78 is 20.8. The maximum atomic E-state index is 13.5. The fourth-order valence-electron chi connectivity index (χ4n) is 3.89. The minimum atomic E-state index is -0.458. The summed E-state index contributed by atoms with van der Waals surface area (Å²) in [6.45, 7) is 5.52. The number of fused-ring (bicyclic) bond motifs is 1. The topological polar surface area (TPSA) is 76.4 Å². The molecule has 10 heteroatoms. The fraction of sp³-hybridized carbons (Fsp3) is 0.400. The average Bonchev–Trinajstić information content (AvgIpc) is 3.40. The van der Waals surface area contributed by atoms with Gasteiger partial charge in [-0.1, -0.05) is 12.1 Å². The van der Waals surface area contributed by atoms with Gasteiger partial charge in [-0.05, 0) is 24.6 Å². The van der Waals surface area contributed by atoms with Crippen LogP contribution in [0.2, 0.25) is 0 Å². The number of ether oxygens (including phenoxy) is 1. The Bertz CT molecular complexity index is 1080. The normalized spacial score (nSPS) is 19.3. The molecule has 8 nitrogen and oxygen atoms in total. The van der Waals surface area contributed by atoms with Crippen molar-refractivity contribution >= 4 is 22.4 Å². The molecule has 1 saturated heterocycles. The summed E-state index contributed by atoms with van der Waals surface area (Å²) in [5.41, 5.74) is 1.47. The quantitative estimate of drug-likeness (QED) is 0.636. The number of morpholine rings is 1. The van der Waals surface area contributed by atoms with E-state index in [0.717, 1.165) is 29.5 Å². The van der Waals surface area contributed by atoms with Crippen LogP contribution in [0.1, 0.15) is 24.4 Å². The molecule has 2 aromatic heterocycles. The van der Waals surface area contributed by atoms with E-state index in [1.54, 1.807) is 22.3 Å². The van der Waals surface area contributed by atoms with E-state index in [2.05, 4.69) is 15.1 Å². The number of carbonyl (C=O) groups is 1. The van der Waals surface area contributed by atoms with E-state index in [9.17, 15) is 9.18 Å². The minimum Gasteiger partial charge on any atom is -0.378 e. The number of benzene rings is 1. The standard InChI is InChI=1S/C20H21FN6O2S/c1-13-19(28)26(10-14-3-2-4-15(21)9-14)11-17-23-24-18(27(13)17)16-12-30-20(22-16)25-5-7-29-8-6-25/h2-4,9,12-13H,5-8,10-11H2,1H3/t13-/m0/s1. The maximum Gasteiger partial charge on any atom is 0.246 e. The van der Waals surface area contributed by atoms with Crippen LogP contribution in [0.3, 0.4) is 0 Å². The molecule has 2 aliphatic rings. The highest BCUT2D eigenvalue weighted by Gasteiger charge is 2.34. The molecule has 0 aliphatic carbocycles. The van der Waals surface area contributed by atoms with Crippen LogP contribution in [-0.2, 0) is 22.6 Å². The zero-order valence-electron chi connectivity index (χ0n) is 16.5. The molecule has 0 unspecified atom stereocenters. The van der Waals surface area contributed by atoms with E-state index in [1.165, 1.54) is 12.1 Å². The van der Waals surface area contributed by atoms with Crippen LogP contribution in [0.5, 0.6) is 0 Å². The van der Waals surface area contributed by atoms with Gasteiger partial charge in [-0.15, -0.1) is 21.5 Å². The number of rotatable bonds is 4. The van der Waals surface area contributed by atoms with Gasteiger partial charge in [0.05, 0.1) is 19.8 Å². The van der Waals surface area contributed by atoms with Crippen LogP contribution in [0.15, 0.2) is 29.6 Å². The summed E-state index contributed by atoms with van der Waals surface area (Å²) in [6, 6.07) is 5.85. The number of amides is 1. The molecule has 1 atom stereocenters. The molecule has 2 aliphatic heterocycles. The smallest absolute Gasteiger partial charge is 0.246 e. The first-order valence-electron chi connectivity index (χ1n) is 9.86. The zero-order valence-corrected chi connectivity index (χ0v) is 17.3. The van der Waals surface area contributed by atoms with E-state index in [-0.39, 0.29) is 11.7 Å². The summed E-state index contributed by atoms with van der Waals surface area (Å²) in [4.78, 5) is 21.6. The number of carbonyl (C=O) groups excluding carboxylic acids is 1. The first kappa shape index (κ1) is 19.1. The lowest BCUT2D eigenvalue weighted by Crippen LogP contribution is -2.41. The Labute approximate surface area is 176 Å². The first-order valence-corrected chi connectivity index (χ1v) is 10.7. The lowest BCUT2D eigenvalue weighted by molar-refractivity contribution is -0.137. The van der Waals surface area contributed by atoms with Crippen LogP contribution in [0.25, 0.3) is 11.5 Å². The summed E-state index contributed by atoms with van der Waals surface area (Å²) in [6.07, 6.45) is 0. The molecular weight excluding hydrogens is 407 g/mol. The van der Waals surface area contributed by atoms with Gasteiger partial charge in [0.15, 0.2) is 16.8 Å². The van der Waals surface area contributed by atoms with E-state index in [4.69, 9.17) is 9.72 Å². The molecular formula is C20H21FN6O2S. The van der Waals surface area contributed by atoms with Gasteiger partial charge in [0.2, 0.25) is 5.91 Å². The van der Waals surface area contributed by atoms with Crippen molar-refractivity contribution in [3.8, 4) is 11.5 Å². The Morgan fingerprint density at radius 3 is 2.90 bits per heavy atom. The van der Waals surface area contributed by atoms with Gasteiger partial charge in [-0.3, -0.25) is 9.36 Å². The van der Waals surface area contributed by atoms with Crippen LogP contribution in [-0.4, -0.2) is 56.9 Å². The van der Waals surface area contributed by atoms with Crippen LogP contribution >= 0.6 is 11.3 Å². The second-order valence-corrected chi connectivity index (χ2v) is 8.26. The van der Waals surface area contributed by atoms with Gasteiger partial charge in [-0.25, -0.2) is 9.37 Å². The number of hydrogen-bond donors (Lipinski definition) is 0. The Kier molecular flexibility index (Phi) is 4.95. The molecule has 30 heavy (non-hydrogen) atoms. The Balaban J connectivity index is 1.40. The van der Waals surface area contributed by atoms with Gasteiger partial charge in [0.1, 0.15) is 17.6 Å². The van der Waals surface area contributed by atoms with E-state index >= 15 is 0 Å². The Hall–Kier alpha value is -2.85. The molecule has 3 aromatic rings. The highest BCUT2D eigenvalue weighted by atomic mass is 32.1. The molecule has 0 spiro atoms. The minimum absolute atomic E-state index is 0.0450. The second-order valence-electron chi connectivity index (χ2n) is 7.42. The predicted molar refractivity (Wildman–Crippen MR) is 110 cm³/mol.